The first kappa shape index (κ1) is 23.6. The molecule has 0 unspecified atom stereocenters. The zero-order chi connectivity index (χ0) is 23.6. The number of aromatic nitrogens is 6. The second-order valence-corrected chi connectivity index (χ2v) is 8.25. The van der Waals surface area contributed by atoms with Crippen molar-refractivity contribution >= 4 is 22.1 Å². The first-order valence-corrected chi connectivity index (χ1v) is 10.4. The van der Waals surface area contributed by atoms with Gasteiger partial charge in [-0.2, -0.15) is 8.42 Å². The lowest BCUT2D eigenvalue weighted by atomic mass is 10.1. The zero-order valence-electron chi connectivity index (χ0n) is 16.0. The lowest BCUT2D eigenvalue weighted by Gasteiger charge is -2.14. The summed E-state index contributed by atoms with van der Waals surface area (Å²) in [6.45, 7) is -0.844. The van der Waals surface area contributed by atoms with E-state index in [0.717, 1.165) is 9.36 Å². The molecule has 0 saturated carbocycles. The molecule has 1 fully saturated rings. The number of aryl methyl sites for hydroxylation is 1. The van der Waals surface area contributed by atoms with Crippen LogP contribution < -0.4 is 0 Å². The highest BCUT2D eigenvalue weighted by Crippen LogP contribution is 2.25. The Morgan fingerprint density at radius 1 is 1.12 bits per heavy atom. The molecule has 0 radical (unpaired) electrons. The van der Waals surface area contributed by atoms with E-state index in [9.17, 15) is 33.3 Å². The first-order chi connectivity index (χ1) is 15.0. The second kappa shape index (κ2) is 9.22. The highest BCUT2D eigenvalue weighted by molar-refractivity contribution is 7.85. The van der Waals surface area contributed by atoms with Crippen LogP contribution in [0.25, 0.3) is 0 Å². The molecule has 1 aliphatic heterocycles. The minimum atomic E-state index is -4.18. The van der Waals surface area contributed by atoms with Gasteiger partial charge in [-0.05, 0) is 0 Å². The van der Waals surface area contributed by atoms with Crippen molar-refractivity contribution in [3.63, 3.8) is 0 Å². The Balaban J connectivity index is 1.61. The summed E-state index contributed by atoms with van der Waals surface area (Å²) in [5.41, 5.74) is -1.30. The van der Waals surface area contributed by atoms with Gasteiger partial charge in [0.2, 0.25) is 5.69 Å². The maximum absolute atomic E-state index is 11.4. The van der Waals surface area contributed by atoms with Crippen molar-refractivity contribution in [3.05, 3.63) is 23.3 Å². The molecule has 17 nitrogen and oxygen atoms in total. The van der Waals surface area contributed by atoms with Crippen molar-refractivity contribution in [3.8, 4) is 0 Å². The summed E-state index contributed by atoms with van der Waals surface area (Å²) in [5, 5.41) is 52.7. The summed E-state index contributed by atoms with van der Waals surface area (Å²) >= 11 is 0. The van der Waals surface area contributed by atoms with E-state index in [1.165, 1.54) is 6.20 Å². The molecule has 18 heteroatoms. The lowest BCUT2D eigenvalue weighted by Crippen LogP contribution is -2.35. The first-order valence-electron chi connectivity index (χ1n) is 8.83. The van der Waals surface area contributed by atoms with Gasteiger partial charge in [-0.3, -0.25) is 9.23 Å². The Morgan fingerprint density at radius 3 is 2.47 bits per heavy atom. The third-order valence-corrected chi connectivity index (χ3v) is 5.07. The topological polar surface area (TPSA) is 249 Å². The van der Waals surface area contributed by atoms with E-state index >= 15 is 0 Å². The summed E-state index contributed by atoms with van der Waals surface area (Å²) < 4.78 is 42.9. The molecule has 176 valence electrons. The van der Waals surface area contributed by atoms with Crippen LogP contribution in [0.1, 0.15) is 26.7 Å². The van der Waals surface area contributed by atoms with Crippen molar-refractivity contribution < 1.29 is 52.5 Å². The Bertz CT molecular complexity index is 1100. The molecule has 0 spiro atoms. The van der Waals surface area contributed by atoms with Gasteiger partial charge >= 0.3 is 11.9 Å². The number of nitrogens with zero attached hydrogens (tertiary/aromatic N) is 6. The van der Waals surface area contributed by atoms with Crippen molar-refractivity contribution in [1.82, 2.24) is 30.0 Å². The monoisotopic (exact) mass is 478 g/mol. The van der Waals surface area contributed by atoms with E-state index in [-0.39, 0.29) is 18.8 Å². The number of hydrogen-bond acceptors (Lipinski definition) is 12. The predicted molar refractivity (Wildman–Crippen MR) is 95.8 cm³/mol. The fraction of sp³-hybridized carbons (Fsp3) is 0.571. The number of carbonyl (C=O) groups is 2. The molecule has 1 saturated heterocycles. The average Bonchev–Trinajstić information content (AvgIpc) is 3.39. The van der Waals surface area contributed by atoms with Crippen LogP contribution in [-0.2, 0) is 39.3 Å². The van der Waals surface area contributed by atoms with E-state index in [1.807, 2.05) is 0 Å². The smallest absolute Gasteiger partial charge is 0.359 e. The fourth-order valence-electron chi connectivity index (χ4n) is 2.86. The summed E-state index contributed by atoms with van der Waals surface area (Å²) in [6.07, 6.45) is -4.28. The van der Waals surface area contributed by atoms with Crippen molar-refractivity contribution in [2.45, 2.75) is 44.3 Å². The van der Waals surface area contributed by atoms with Crippen LogP contribution in [-0.4, -0.2) is 106 Å². The average molecular weight is 478 g/mol. The molecule has 0 bridgehead atoms. The van der Waals surface area contributed by atoms with Crippen molar-refractivity contribution in [2.24, 2.45) is 0 Å². The van der Waals surface area contributed by atoms with Crippen LogP contribution in [0, 0.1) is 0 Å². The molecule has 5 N–H and O–H groups in total. The van der Waals surface area contributed by atoms with Gasteiger partial charge in [-0.15, -0.1) is 10.2 Å². The lowest BCUT2D eigenvalue weighted by molar-refractivity contribution is -0.174. The largest absolute Gasteiger partial charge is 0.476 e. The molecule has 0 aromatic carbocycles. The zero-order valence-corrected chi connectivity index (χ0v) is 16.8. The normalized spacial score (nSPS) is 23.5. The molecule has 0 amide bonds. The molecule has 2 aromatic rings. The molecule has 3 heterocycles. The number of aliphatic hydroxyl groups is 2. The van der Waals surface area contributed by atoms with E-state index in [1.54, 1.807) is 0 Å². The Kier molecular flexibility index (Phi) is 6.81. The van der Waals surface area contributed by atoms with E-state index in [2.05, 4.69) is 20.6 Å². The number of aliphatic hydroxyl groups excluding tert-OH is 2. The van der Waals surface area contributed by atoms with Crippen LogP contribution in [0.3, 0.4) is 0 Å². The molecule has 0 aliphatic carbocycles. The second-order valence-electron chi connectivity index (χ2n) is 6.67. The van der Waals surface area contributed by atoms with Crippen LogP contribution in [0.5, 0.6) is 0 Å². The molecule has 1 aliphatic rings. The van der Waals surface area contributed by atoms with E-state index in [0.29, 0.717) is 0 Å². The molecular formula is C14H18N6O11S. The third-order valence-electron chi connectivity index (χ3n) is 4.37. The molecule has 3 rings (SSSR count). The standard InChI is InChI=1S/C14H18N6O11S/c21-10-7(4-20-9(13(25)26)8(12(23)24)16-18-20)31-14(11(10)22)30-5-6-3-19(17-15-6)1-2-32(27,28)29/h3,7,10-11,14,21-22H,1-2,4-5H2,(H,23,24)(H,25,26)(H,27,28,29)/t7-,10-,11-,14-/m1/s1. The van der Waals surface area contributed by atoms with Crippen LogP contribution in [0.2, 0.25) is 0 Å². The summed E-state index contributed by atoms with van der Waals surface area (Å²) in [7, 11) is -4.18. The van der Waals surface area contributed by atoms with E-state index < -0.39 is 70.3 Å². The van der Waals surface area contributed by atoms with Crippen molar-refractivity contribution in [1.29, 1.82) is 0 Å². The van der Waals surface area contributed by atoms with Crippen LogP contribution in [0.15, 0.2) is 6.20 Å². The molecular weight excluding hydrogens is 460 g/mol. The highest BCUT2D eigenvalue weighted by atomic mass is 32.2. The fourth-order valence-corrected chi connectivity index (χ4v) is 3.28. The number of rotatable bonds is 10. The number of aromatic carboxylic acids is 2. The summed E-state index contributed by atoms with van der Waals surface area (Å²) in [4.78, 5) is 22.4. The Labute approximate surface area is 178 Å². The van der Waals surface area contributed by atoms with Gasteiger partial charge in [-0.25, -0.2) is 14.3 Å². The Hall–Kier alpha value is -3.03. The SMILES string of the molecule is O=C(O)c1nnn(C[C@H]2O[C@@H](OCc3cn(CCS(=O)(=O)O)nn3)[C@H](O)[C@@H]2O)c1C(=O)O. The minimum absolute atomic E-state index is 0.155. The number of hydrogen-bond donors (Lipinski definition) is 5. The predicted octanol–water partition coefficient (Wildman–Crippen LogP) is -3.18. The van der Waals surface area contributed by atoms with Gasteiger partial charge in [-0.1, -0.05) is 10.4 Å². The van der Waals surface area contributed by atoms with E-state index in [4.69, 9.17) is 19.1 Å². The third kappa shape index (κ3) is 5.41. The van der Waals surface area contributed by atoms with Crippen LogP contribution in [0.4, 0.5) is 0 Å². The Morgan fingerprint density at radius 2 is 1.84 bits per heavy atom. The van der Waals surface area contributed by atoms with Gasteiger partial charge in [0.05, 0.1) is 31.6 Å². The molecule has 2 aromatic heterocycles. The van der Waals surface area contributed by atoms with Gasteiger partial charge in [0.15, 0.2) is 12.0 Å². The highest BCUT2D eigenvalue weighted by Gasteiger charge is 2.44. The molecule has 32 heavy (non-hydrogen) atoms. The van der Waals surface area contributed by atoms with Gasteiger partial charge < -0.3 is 29.9 Å². The maximum Gasteiger partial charge on any atom is 0.359 e. The number of carboxylic acids is 2. The number of carboxylic acid groups (broad SMARTS) is 2. The van der Waals surface area contributed by atoms with Crippen LogP contribution >= 0.6 is 0 Å². The van der Waals surface area contributed by atoms with Crippen molar-refractivity contribution in [2.75, 3.05) is 5.75 Å². The minimum Gasteiger partial charge on any atom is -0.476 e. The summed E-state index contributed by atoms with van der Waals surface area (Å²) in [5.74, 6) is -3.78. The van der Waals surface area contributed by atoms with Gasteiger partial charge in [0.25, 0.3) is 10.1 Å². The quantitative estimate of drug-likeness (QED) is 0.211. The maximum atomic E-state index is 11.4. The number of ether oxygens (including phenoxy) is 2. The van der Waals surface area contributed by atoms with Gasteiger partial charge in [0, 0.05) is 0 Å². The van der Waals surface area contributed by atoms with Gasteiger partial charge in [0.1, 0.15) is 24.0 Å². The summed E-state index contributed by atoms with van der Waals surface area (Å²) in [6, 6.07) is 0. The molecule has 4 atom stereocenters.